The molecule has 1 aliphatic heterocycles. The molecule has 0 aliphatic carbocycles. The van der Waals surface area contributed by atoms with Crippen molar-refractivity contribution in [3.8, 4) is 0 Å². The number of ether oxygens (including phenoxy) is 1. The number of nitrogens with zero attached hydrogens (tertiary/aromatic N) is 4. The number of anilines is 1. The minimum absolute atomic E-state index is 0.608. The second-order valence-electron chi connectivity index (χ2n) is 5.63. The Morgan fingerprint density at radius 1 is 1.35 bits per heavy atom. The highest BCUT2D eigenvalue weighted by molar-refractivity contribution is 5.77. The number of aryl methyl sites for hydroxylation is 2. The van der Waals surface area contributed by atoms with E-state index in [1.54, 1.807) is 0 Å². The molecule has 0 aromatic carbocycles. The Kier molecular flexibility index (Phi) is 3.65. The van der Waals surface area contributed by atoms with E-state index in [0.29, 0.717) is 11.9 Å². The van der Waals surface area contributed by atoms with Gasteiger partial charge in [-0.2, -0.15) is 5.10 Å². The van der Waals surface area contributed by atoms with Gasteiger partial charge in [-0.25, -0.2) is 4.98 Å². The highest BCUT2D eigenvalue weighted by atomic mass is 16.5. The maximum absolute atomic E-state index is 6.13. The quantitative estimate of drug-likeness (QED) is 0.924. The van der Waals surface area contributed by atoms with Gasteiger partial charge >= 0.3 is 0 Å². The Hall–Kier alpha value is -1.56. The molecule has 0 bridgehead atoms. The van der Waals surface area contributed by atoms with Crippen LogP contribution < -0.4 is 5.73 Å². The standard InChI is InChI=1S/C14H23N5O/c1-3-4-11-12-13(18(2)17-11)19(14(15)16-12)9-10-5-7-20-8-6-10/h10H,3-9H2,1-2H3,(H2,15,16). The van der Waals surface area contributed by atoms with Crippen LogP contribution in [0.3, 0.4) is 0 Å². The summed E-state index contributed by atoms with van der Waals surface area (Å²) < 4.78 is 9.46. The molecule has 0 saturated carbocycles. The fraction of sp³-hybridized carbons (Fsp3) is 0.714. The third-order valence-electron chi connectivity index (χ3n) is 4.09. The van der Waals surface area contributed by atoms with Crippen molar-refractivity contribution < 1.29 is 4.74 Å². The van der Waals surface area contributed by atoms with Crippen LogP contribution in [0.25, 0.3) is 11.2 Å². The van der Waals surface area contributed by atoms with Gasteiger partial charge in [0.25, 0.3) is 0 Å². The van der Waals surface area contributed by atoms with Crippen LogP contribution in [0, 0.1) is 5.92 Å². The van der Waals surface area contributed by atoms with Crippen LogP contribution in [-0.4, -0.2) is 32.5 Å². The van der Waals surface area contributed by atoms with Gasteiger partial charge in [-0.15, -0.1) is 0 Å². The van der Waals surface area contributed by atoms with Crippen molar-refractivity contribution in [2.24, 2.45) is 13.0 Å². The average molecular weight is 277 g/mol. The first-order chi connectivity index (χ1) is 9.70. The van der Waals surface area contributed by atoms with E-state index < -0.39 is 0 Å². The predicted octanol–water partition coefficient (Wildman–Crippen LogP) is 1.73. The van der Waals surface area contributed by atoms with Gasteiger partial charge in [-0.05, 0) is 25.2 Å². The first kappa shape index (κ1) is 13.4. The molecule has 1 fully saturated rings. The highest BCUT2D eigenvalue weighted by Gasteiger charge is 2.21. The number of fused-ring (bicyclic) bond motifs is 1. The molecule has 2 N–H and O–H groups in total. The van der Waals surface area contributed by atoms with E-state index in [1.807, 2.05) is 11.7 Å². The molecule has 3 rings (SSSR count). The third-order valence-corrected chi connectivity index (χ3v) is 4.09. The van der Waals surface area contributed by atoms with Crippen LogP contribution in [0.2, 0.25) is 0 Å². The van der Waals surface area contributed by atoms with E-state index in [1.165, 1.54) is 0 Å². The van der Waals surface area contributed by atoms with Gasteiger partial charge < -0.3 is 10.5 Å². The first-order valence-corrected chi connectivity index (χ1v) is 7.46. The van der Waals surface area contributed by atoms with Crippen molar-refractivity contribution in [3.63, 3.8) is 0 Å². The summed E-state index contributed by atoms with van der Waals surface area (Å²) >= 11 is 0. The average Bonchev–Trinajstić information content (AvgIpc) is 2.91. The number of hydrogen-bond donors (Lipinski definition) is 1. The molecule has 0 radical (unpaired) electrons. The highest BCUT2D eigenvalue weighted by Crippen LogP contribution is 2.25. The van der Waals surface area contributed by atoms with Crippen molar-refractivity contribution in [2.45, 2.75) is 39.2 Å². The minimum atomic E-state index is 0.608. The molecule has 20 heavy (non-hydrogen) atoms. The normalized spacial score (nSPS) is 17.1. The second-order valence-corrected chi connectivity index (χ2v) is 5.63. The molecule has 6 heteroatoms. The van der Waals surface area contributed by atoms with Crippen molar-refractivity contribution in [3.05, 3.63) is 5.69 Å². The van der Waals surface area contributed by atoms with Crippen LogP contribution in [0.15, 0.2) is 0 Å². The molecule has 2 aromatic heterocycles. The Labute approximate surface area is 118 Å². The van der Waals surface area contributed by atoms with Gasteiger partial charge in [-0.1, -0.05) is 13.3 Å². The number of nitrogens with two attached hydrogens (primary N) is 1. The maximum Gasteiger partial charge on any atom is 0.202 e. The fourth-order valence-corrected chi connectivity index (χ4v) is 3.03. The van der Waals surface area contributed by atoms with Gasteiger partial charge in [0.1, 0.15) is 5.52 Å². The summed E-state index contributed by atoms with van der Waals surface area (Å²) in [6, 6.07) is 0. The molecule has 0 atom stereocenters. The summed E-state index contributed by atoms with van der Waals surface area (Å²) in [7, 11) is 1.98. The van der Waals surface area contributed by atoms with Gasteiger partial charge in [0, 0.05) is 26.8 Å². The number of imidazole rings is 1. The Morgan fingerprint density at radius 2 is 2.10 bits per heavy atom. The van der Waals surface area contributed by atoms with Gasteiger partial charge in [0.05, 0.1) is 5.69 Å². The predicted molar refractivity (Wildman–Crippen MR) is 78.4 cm³/mol. The lowest BCUT2D eigenvalue weighted by Crippen LogP contribution is -2.21. The topological polar surface area (TPSA) is 70.9 Å². The third kappa shape index (κ3) is 2.28. The number of rotatable bonds is 4. The van der Waals surface area contributed by atoms with Crippen LogP contribution >= 0.6 is 0 Å². The molecule has 1 saturated heterocycles. The zero-order chi connectivity index (χ0) is 14.1. The lowest BCUT2D eigenvalue weighted by atomic mass is 10.0. The zero-order valence-electron chi connectivity index (χ0n) is 12.3. The molecular weight excluding hydrogens is 254 g/mol. The van der Waals surface area contributed by atoms with E-state index in [2.05, 4.69) is 21.6 Å². The number of aromatic nitrogens is 4. The maximum atomic E-state index is 6.13. The van der Waals surface area contributed by atoms with Crippen LogP contribution in [0.1, 0.15) is 31.9 Å². The molecule has 0 spiro atoms. The summed E-state index contributed by atoms with van der Waals surface area (Å²) in [6.07, 6.45) is 4.21. The largest absolute Gasteiger partial charge is 0.381 e. The van der Waals surface area contributed by atoms with Crippen molar-refractivity contribution >= 4 is 17.1 Å². The molecule has 2 aromatic rings. The summed E-state index contributed by atoms with van der Waals surface area (Å²) in [4.78, 5) is 4.54. The van der Waals surface area contributed by atoms with Gasteiger partial charge in [-0.3, -0.25) is 9.25 Å². The molecule has 3 heterocycles. The molecule has 110 valence electrons. The Morgan fingerprint density at radius 3 is 2.80 bits per heavy atom. The molecule has 1 aliphatic rings. The minimum Gasteiger partial charge on any atom is -0.381 e. The van der Waals surface area contributed by atoms with Crippen LogP contribution in [-0.2, 0) is 24.8 Å². The molecule has 6 nitrogen and oxygen atoms in total. The van der Waals surface area contributed by atoms with Gasteiger partial charge in [0.2, 0.25) is 5.95 Å². The summed E-state index contributed by atoms with van der Waals surface area (Å²) in [5.41, 5.74) is 9.21. The Balaban J connectivity index is 1.95. The number of nitrogen functional groups attached to an aromatic ring is 1. The SMILES string of the molecule is CCCc1nn(C)c2c1nc(N)n2CC1CCOCC1. The van der Waals surface area contributed by atoms with E-state index in [-0.39, 0.29) is 0 Å². The van der Waals surface area contributed by atoms with E-state index in [9.17, 15) is 0 Å². The summed E-state index contributed by atoms with van der Waals surface area (Å²) in [6.45, 7) is 4.78. The summed E-state index contributed by atoms with van der Waals surface area (Å²) in [5, 5.41) is 4.59. The van der Waals surface area contributed by atoms with E-state index in [4.69, 9.17) is 10.5 Å². The number of hydrogen-bond acceptors (Lipinski definition) is 4. The Bertz CT molecular complexity index is 594. The van der Waals surface area contributed by atoms with Crippen molar-refractivity contribution in [1.29, 1.82) is 0 Å². The van der Waals surface area contributed by atoms with Crippen molar-refractivity contribution in [2.75, 3.05) is 18.9 Å². The first-order valence-electron chi connectivity index (χ1n) is 7.46. The lowest BCUT2D eigenvalue weighted by Gasteiger charge is -2.22. The van der Waals surface area contributed by atoms with Crippen LogP contribution in [0.5, 0.6) is 0 Å². The zero-order valence-corrected chi connectivity index (χ0v) is 12.3. The molecule has 0 amide bonds. The lowest BCUT2D eigenvalue weighted by molar-refractivity contribution is 0.0617. The monoisotopic (exact) mass is 277 g/mol. The molecule has 0 unspecified atom stereocenters. The van der Waals surface area contributed by atoms with Gasteiger partial charge in [0.15, 0.2) is 5.65 Å². The van der Waals surface area contributed by atoms with Crippen molar-refractivity contribution in [1.82, 2.24) is 19.3 Å². The van der Waals surface area contributed by atoms with Crippen LogP contribution in [0.4, 0.5) is 5.95 Å². The fourth-order valence-electron chi connectivity index (χ4n) is 3.03. The van der Waals surface area contributed by atoms with E-state index >= 15 is 0 Å². The second kappa shape index (κ2) is 5.44. The summed E-state index contributed by atoms with van der Waals surface area (Å²) in [5.74, 6) is 1.23. The smallest absolute Gasteiger partial charge is 0.202 e. The molecular formula is C14H23N5O. The van der Waals surface area contributed by atoms with E-state index in [0.717, 1.165) is 62.3 Å².